The fourth-order valence-electron chi connectivity index (χ4n) is 2.75. The highest BCUT2D eigenvalue weighted by Gasteiger charge is 2.18. The van der Waals surface area contributed by atoms with E-state index in [-0.39, 0.29) is 0 Å². The van der Waals surface area contributed by atoms with Crippen LogP contribution in [-0.4, -0.2) is 41.3 Å². The fourth-order valence-corrected chi connectivity index (χ4v) is 2.75. The molecular weight excluding hydrogens is 224 g/mol. The Balaban J connectivity index is 1.71. The Bertz CT molecular complexity index is 519. The molecule has 0 amide bonds. The van der Waals surface area contributed by atoms with Crippen LogP contribution in [0, 0.1) is 0 Å². The first-order valence-electron chi connectivity index (χ1n) is 6.71. The number of benzene rings is 1. The molecule has 0 bridgehead atoms. The molecule has 96 valence electrons. The van der Waals surface area contributed by atoms with Gasteiger partial charge in [-0.25, -0.2) is 0 Å². The summed E-state index contributed by atoms with van der Waals surface area (Å²) < 4.78 is 0. The Kier molecular flexibility index (Phi) is 3.19. The number of anilines is 1. The van der Waals surface area contributed by atoms with Crippen LogP contribution in [-0.2, 0) is 0 Å². The number of rotatable bonds is 3. The monoisotopic (exact) mass is 244 g/mol. The molecule has 0 aliphatic carbocycles. The number of aromatic amines is 1. The molecule has 18 heavy (non-hydrogen) atoms. The summed E-state index contributed by atoms with van der Waals surface area (Å²) in [7, 11) is 2.22. The van der Waals surface area contributed by atoms with Gasteiger partial charge in [-0.05, 0) is 32.5 Å². The van der Waals surface area contributed by atoms with Crippen LogP contribution in [0.4, 0.5) is 5.69 Å². The van der Waals surface area contributed by atoms with E-state index in [1.54, 1.807) is 0 Å². The highest BCUT2D eigenvalue weighted by molar-refractivity contribution is 5.89. The first-order chi connectivity index (χ1) is 8.84. The van der Waals surface area contributed by atoms with Crippen LogP contribution >= 0.6 is 0 Å². The molecule has 1 unspecified atom stereocenters. The third-order valence-corrected chi connectivity index (χ3v) is 3.93. The smallest absolute Gasteiger partial charge is 0.0881 e. The molecule has 1 fully saturated rings. The molecule has 0 spiro atoms. The van der Waals surface area contributed by atoms with Crippen molar-refractivity contribution in [2.45, 2.75) is 25.3 Å². The molecule has 2 heterocycles. The second kappa shape index (κ2) is 4.98. The average Bonchev–Trinajstić information content (AvgIpc) is 2.86. The molecule has 1 aliphatic heterocycles. The number of hydrogen-bond donors (Lipinski definition) is 2. The molecule has 0 saturated carbocycles. The summed E-state index contributed by atoms with van der Waals surface area (Å²) in [5.41, 5.74) is 2.26. The van der Waals surface area contributed by atoms with E-state index < -0.39 is 0 Å². The summed E-state index contributed by atoms with van der Waals surface area (Å²) in [6.07, 6.45) is 5.85. The van der Waals surface area contributed by atoms with Gasteiger partial charge in [0.25, 0.3) is 0 Å². The molecule has 1 aromatic carbocycles. The van der Waals surface area contributed by atoms with Crippen molar-refractivity contribution >= 4 is 16.6 Å². The summed E-state index contributed by atoms with van der Waals surface area (Å²) in [5.74, 6) is 0. The molecule has 4 heteroatoms. The maximum Gasteiger partial charge on any atom is 0.0881 e. The van der Waals surface area contributed by atoms with E-state index in [2.05, 4.69) is 45.7 Å². The van der Waals surface area contributed by atoms with Gasteiger partial charge in [0.15, 0.2) is 0 Å². The van der Waals surface area contributed by atoms with E-state index in [9.17, 15) is 0 Å². The van der Waals surface area contributed by atoms with Gasteiger partial charge < -0.3 is 10.2 Å². The minimum absolute atomic E-state index is 0.650. The van der Waals surface area contributed by atoms with Crippen LogP contribution in [0.2, 0.25) is 0 Å². The number of likely N-dealkylation sites (tertiary alicyclic amines) is 1. The number of nitrogens with one attached hydrogen (secondary N) is 2. The lowest BCUT2D eigenvalue weighted by Crippen LogP contribution is -2.40. The lowest BCUT2D eigenvalue weighted by atomic mass is 10.0. The van der Waals surface area contributed by atoms with Gasteiger partial charge >= 0.3 is 0 Å². The molecule has 2 aromatic rings. The third-order valence-electron chi connectivity index (χ3n) is 3.93. The van der Waals surface area contributed by atoms with Crippen molar-refractivity contribution in [2.75, 3.05) is 25.5 Å². The van der Waals surface area contributed by atoms with Gasteiger partial charge in [-0.1, -0.05) is 18.6 Å². The Hall–Kier alpha value is -1.55. The van der Waals surface area contributed by atoms with Crippen LogP contribution < -0.4 is 5.32 Å². The van der Waals surface area contributed by atoms with Gasteiger partial charge in [-0.15, -0.1) is 0 Å². The van der Waals surface area contributed by atoms with Crippen molar-refractivity contribution in [2.24, 2.45) is 0 Å². The second-order valence-electron chi connectivity index (χ2n) is 5.15. The standard InChI is InChI=1S/C14H20N4/c1-18-8-3-2-6-12(18)10-15-13-7-4-5-11-9-16-17-14(11)13/h4-5,7,9,12,15H,2-3,6,8,10H2,1H3,(H,16,17). The molecule has 2 N–H and O–H groups in total. The largest absolute Gasteiger partial charge is 0.382 e. The van der Waals surface area contributed by atoms with Gasteiger partial charge in [0.2, 0.25) is 0 Å². The maximum atomic E-state index is 4.10. The van der Waals surface area contributed by atoms with Crippen LogP contribution in [0.15, 0.2) is 24.4 Å². The van der Waals surface area contributed by atoms with Crippen molar-refractivity contribution in [1.29, 1.82) is 0 Å². The van der Waals surface area contributed by atoms with Crippen LogP contribution in [0.25, 0.3) is 10.9 Å². The predicted molar refractivity (Wildman–Crippen MR) is 74.9 cm³/mol. The Morgan fingerprint density at radius 2 is 2.39 bits per heavy atom. The minimum atomic E-state index is 0.650. The zero-order valence-corrected chi connectivity index (χ0v) is 10.8. The van der Waals surface area contributed by atoms with Crippen molar-refractivity contribution in [3.8, 4) is 0 Å². The Morgan fingerprint density at radius 1 is 1.44 bits per heavy atom. The van der Waals surface area contributed by atoms with Crippen molar-refractivity contribution in [3.05, 3.63) is 24.4 Å². The SMILES string of the molecule is CN1CCCCC1CNc1cccc2cn[nH]c12. The molecule has 1 atom stereocenters. The van der Waals surface area contributed by atoms with Gasteiger partial charge in [0.1, 0.15) is 0 Å². The predicted octanol–water partition coefficient (Wildman–Crippen LogP) is 2.46. The first-order valence-corrected chi connectivity index (χ1v) is 6.71. The van der Waals surface area contributed by atoms with E-state index in [0.29, 0.717) is 6.04 Å². The number of likely N-dealkylation sites (N-methyl/N-ethyl adjacent to an activating group) is 1. The van der Waals surface area contributed by atoms with Crippen molar-refractivity contribution in [1.82, 2.24) is 15.1 Å². The van der Waals surface area contributed by atoms with Crippen molar-refractivity contribution < 1.29 is 0 Å². The number of piperidine rings is 1. The lowest BCUT2D eigenvalue weighted by Gasteiger charge is -2.32. The van der Waals surface area contributed by atoms with Crippen LogP contribution in [0.1, 0.15) is 19.3 Å². The van der Waals surface area contributed by atoms with Crippen LogP contribution in [0.3, 0.4) is 0 Å². The highest BCUT2D eigenvalue weighted by Crippen LogP contribution is 2.21. The van der Waals surface area contributed by atoms with Crippen LogP contribution in [0.5, 0.6) is 0 Å². The number of para-hydroxylation sites is 1. The first kappa shape index (κ1) is 11.5. The summed E-state index contributed by atoms with van der Waals surface area (Å²) in [4.78, 5) is 2.46. The number of aromatic nitrogens is 2. The fraction of sp³-hybridized carbons (Fsp3) is 0.500. The zero-order valence-electron chi connectivity index (χ0n) is 10.8. The van der Waals surface area contributed by atoms with Gasteiger partial charge in [0, 0.05) is 18.0 Å². The van der Waals surface area contributed by atoms with E-state index in [0.717, 1.165) is 23.1 Å². The van der Waals surface area contributed by atoms with Gasteiger partial charge in [-0.2, -0.15) is 5.10 Å². The summed E-state index contributed by atoms with van der Waals surface area (Å²) >= 11 is 0. The lowest BCUT2D eigenvalue weighted by molar-refractivity contribution is 0.195. The second-order valence-corrected chi connectivity index (χ2v) is 5.15. The molecule has 4 nitrogen and oxygen atoms in total. The zero-order chi connectivity index (χ0) is 12.4. The highest BCUT2D eigenvalue weighted by atomic mass is 15.2. The number of fused-ring (bicyclic) bond motifs is 1. The Labute approximate surface area is 107 Å². The van der Waals surface area contributed by atoms with E-state index in [4.69, 9.17) is 0 Å². The molecule has 1 saturated heterocycles. The normalized spacial score (nSPS) is 21.3. The topological polar surface area (TPSA) is 44.0 Å². The van der Waals surface area contributed by atoms with E-state index in [1.807, 2.05) is 6.20 Å². The molecule has 1 aromatic heterocycles. The summed E-state index contributed by atoms with van der Waals surface area (Å²) in [6.45, 7) is 2.23. The number of hydrogen-bond acceptors (Lipinski definition) is 3. The number of H-pyrrole nitrogens is 1. The summed E-state index contributed by atoms with van der Waals surface area (Å²) in [5, 5.41) is 11.9. The Morgan fingerprint density at radius 3 is 3.28 bits per heavy atom. The number of nitrogens with zero attached hydrogens (tertiary/aromatic N) is 2. The van der Waals surface area contributed by atoms with Gasteiger partial charge in [-0.3, -0.25) is 5.10 Å². The summed E-state index contributed by atoms with van der Waals surface area (Å²) in [6, 6.07) is 6.92. The van der Waals surface area contributed by atoms with Gasteiger partial charge in [0.05, 0.1) is 17.4 Å². The molecule has 1 aliphatic rings. The quantitative estimate of drug-likeness (QED) is 0.871. The molecule has 3 rings (SSSR count). The maximum absolute atomic E-state index is 4.10. The van der Waals surface area contributed by atoms with Crippen molar-refractivity contribution in [3.63, 3.8) is 0 Å². The average molecular weight is 244 g/mol. The van der Waals surface area contributed by atoms with E-state index >= 15 is 0 Å². The molecular formula is C14H20N4. The third kappa shape index (κ3) is 2.20. The molecule has 0 radical (unpaired) electrons. The minimum Gasteiger partial charge on any atom is -0.382 e. The van der Waals surface area contributed by atoms with E-state index in [1.165, 1.54) is 25.8 Å².